The van der Waals surface area contributed by atoms with Crippen LogP contribution in [0.2, 0.25) is 0 Å². The van der Waals surface area contributed by atoms with Crippen LogP contribution < -0.4 is 0 Å². The topological polar surface area (TPSA) is 104 Å². The normalized spacial score (nSPS) is 17.8. The van der Waals surface area contributed by atoms with Gasteiger partial charge in [-0.05, 0) is 83.1 Å². The van der Waals surface area contributed by atoms with Gasteiger partial charge in [-0.15, -0.1) is 0 Å². The third-order valence-corrected chi connectivity index (χ3v) is 8.18. The summed E-state index contributed by atoms with van der Waals surface area (Å²) in [6.07, 6.45) is 9.11. The maximum atomic E-state index is 14.0. The number of nitrogens with zero attached hydrogens (tertiary/aromatic N) is 4. The lowest BCUT2D eigenvalue weighted by Gasteiger charge is -2.34. The third kappa shape index (κ3) is 5.80. The number of ether oxygens (including phenoxy) is 1. The molecule has 1 atom stereocenters. The molecule has 9 nitrogen and oxygen atoms in total. The standard InChI is InChI=1S/C28H36N4O5S/c1-28(2,3)37-27(34)31-18-19-17-21(11-12-24(19)29-31)32(20-9-10-20)26(33)23-7-5-8-25-22(23)13-15-30(25)14-6-16-38(4,35)36/h5,7-8,13,15,18,20-21H,6,9-12,14,16-17H2,1-4H3. The number of aryl methyl sites for hydroxylation is 2. The number of sulfone groups is 1. The Morgan fingerprint density at radius 3 is 2.58 bits per heavy atom. The molecule has 10 heteroatoms. The Labute approximate surface area is 223 Å². The highest BCUT2D eigenvalue weighted by atomic mass is 32.2. The summed E-state index contributed by atoms with van der Waals surface area (Å²) in [4.78, 5) is 28.6. The number of benzene rings is 1. The second kappa shape index (κ2) is 9.87. The Bertz CT molecular complexity index is 1480. The molecular weight excluding hydrogens is 504 g/mol. The van der Waals surface area contributed by atoms with E-state index in [0.29, 0.717) is 31.4 Å². The van der Waals surface area contributed by atoms with Gasteiger partial charge >= 0.3 is 6.09 Å². The van der Waals surface area contributed by atoms with Crippen molar-refractivity contribution < 1.29 is 22.7 Å². The first kappa shape index (κ1) is 26.5. The monoisotopic (exact) mass is 540 g/mol. The molecule has 1 fully saturated rings. The van der Waals surface area contributed by atoms with Gasteiger partial charge in [-0.1, -0.05) is 6.07 Å². The number of carbonyl (C=O) groups excluding carboxylic acids is 2. The summed E-state index contributed by atoms with van der Waals surface area (Å²) in [6.45, 7) is 6.06. The number of carbonyl (C=O) groups is 2. The highest BCUT2D eigenvalue weighted by Gasteiger charge is 2.40. The van der Waals surface area contributed by atoms with E-state index in [-0.39, 0.29) is 23.7 Å². The zero-order valence-corrected chi connectivity index (χ0v) is 23.3. The van der Waals surface area contributed by atoms with Crippen LogP contribution in [-0.4, -0.2) is 69.4 Å². The van der Waals surface area contributed by atoms with Crippen molar-refractivity contribution in [1.82, 2.24) is 19.2 Å². The molecule has 2 aliphatic carbocycles. The van der Waals surface area contributed by atoms with Gasteiger partial charge in [0.2, 0.25) is 0 Å². The van der Waals surface area contributed by atoms with Gasteiger partial charge in [0.05, 0.1) is 11.4 Å². The molecule has 0 bridgehead atoms. The molecule has 2 aliphatic rings. The Morgan fingerprint density at radius 1 is 1.13 bits per heavy atom. The van der Waals surface area contributed by atoms with Crippen molar-refractivity contribution in [1.29, 1.82) is 0 Å². The Morgan fingerprint density at radius 2 is 1.89 bits per heavy atom. The molecule has 0 radical (unpaired) electrons. The van der Waals surface area contributed by atoms with E-state index in [1.807, 2.05) is 55.8 Å². The maximum absolute atomic E-state index is 14.0. The molecular formula is C28H36N4O5S. The fraction of sp³-hybridized carbons (Fsp3) is 0.536. The van der Waals surface area contributed by atoms with E-state index in [9.17, 15) is 18.0 Å². The third-order valence-electron chi connectivity index (χ3n) is 7.15. The SMILES string of the molecule is CC(C)(C)OC(=O)n1cc2c(n1)CCC(N(C(=O)c1cccc3c1ccn3CCCS(C)(=O)=O)C1CC1)C2. The van der Waals surface area contributed by atoms with Gasteiger partial charge in [0, 0.05) is 53.7 Å². The van der Waals surface area contributed by atoms with Crippen molar-refractivity contribution in [3.05, 3.63) is 53.5 Å². The summed E-state index contributed by atoms with van der Waals surface area (Å²) in [6, 6.07) is 7.98. The quantitative estimate of drug-likeness (QED) is 0.445. The number of fused-ring (bicyclic) bond motifs is 2. The van der Waals surface area contributed by atoms with E-state index < -0.39 is 21.5 Å². The van der Waals surface area contributed by atoms with Crippen molar-refractivity contribution in [2.24, 2.45) is 0 Å². The van der Waals surface area contributed by atoms with Crippen LogP contribution in [0.4, 0.5) is 4.79 Å². The first-order chi connectivity index (χ1) is 17.9. The van der Waals surface area contributed by atoms with Crippen molar-refractivity contribution in [2.45, 2.75) is 83.5 Å². The van der Waals surface area contributed by atoms with Crippen molar-refractivity contribution >= 4 is 32.7 Å². The van der Waals surface area contributed by atoms with E-state index in [2.05, 4.69) is 10.00 Å². The Kier molecular flexibility index (Phi) is 6.87. The van der Waals surface area contributed by atoms with Crippen LogP contribution in [0.25, 0.3) is 10.9 Å². The summed E-state index contributed by atoms with van der Waals surface area (Å²) in [5.41, 5.74) is 2.88. The number of aromatic nitrogens is 3. The lowest BCUT2D eigenvalue weighted by Crippen LogP contribution is -2.44. The fourth-order valence-corrected chi connectivity index (χ4v) is 6.00. The largest absolute Gasteiger partial charge is 0.442 e. The minimum absolute atomic E-state index is 0.0278. The molecule has 204 valence electrons. The number of rotatable bonds is 7. The molecule has 2 heterocycles. The average molecular weight is 541 g/mol. The molecule has 0 aliphatic heterocycles. The van der Waals surface area contributed by atoms with E-state index in [0.717, 1.165) is 41.4 Å². The zero-order valence-electron chi connectivity index (χ0n) is 22.5. The predicted molar refractivity (Wildman–Crippen MR) is 145 cm³/mol. The van der Waals surface area contributed by atoms with Gasteiger partial charge in [0.25, 0.3) is 5.91 Å². The second-order valence-corrected chi connectivity index (χ2v) is 13.9. The summed E-state index contributed by atoms with van der Waals surface area (Å²) in [5.74, 6) is 0.162. The Balaban J connectivity index is 1.36. The van der Waals surface area contributed by atoms with E-state index in [1.165, 1.54) is 10.9 Å². The molecule has 5 rings (SSSR count). The van der Waals surface area contributed by atoms with Gasteiger partial charge in [-0.2, -0.15) is 9.78 Å². The second-order valence-electron chi connectivity index (χ2n) is 11.6. The molecule has 0 spiro atoms. The molecule has 1 unspecified atom stereocenters. The van der Waals surface area contributed by atoms with Gasteiger partial charge in [-0.3, -0.25) is 4.79 Å². The predicted octanol–water partition coefficient (Wildman–Crippen LogP) is 4.22. The minimum Gasteiger partial charge on any atom is -0.442 e. The van der Waals surface area contributed by atoms with Crippen LogP contribution in [0.1, 0.15) is 68.1 Å². The zero-order chi connectivity index (χ0) is 27.2. The van der Waals surface area contributed by atoms with E-state index >= 15 is 0 Å². The minimum atomic E-state index is -3.02. The first-order valence-corrected chi connectivity index (χ1v) is 15.3. The smallest absolute Gasteiger partial charge is 0.435 e. The molecule has 0 saturated heterocycles. The molecule has 0 N–H and O–H groups in total. The molecule has 3 aromatic rings. The summed E-state index contributed by atoms with van der Waals surface area (Å²) < 4.78 is 31.9. The van der Waals surface area contributed by atoms with Crippen LogP contribution >= 0.6 is 0 Å². The molecule has 2 aromatic heterocycles. The average Bonchev–Trinajstić information content (AvgIpc) is 3.41. The van der Waals surface area contributed by atoms with E-state index in [4.69, 9.17) is 4.74 Å². The number of hydrogen-bond donors (Lipinski definition) is 0. The van der Waals surface area contributed by atoms with Crippen molar-refractivity contribution in [3.63, 3.8) is 0 Å². The Hall–Kier alpha value is -3.14. The van der Waals surface area contributed by atoms with Crippen LogP contribution in [0.3, 0.4) is 0 Å². The van der Waals surface area contributed by atoms with Crippen molar-refractivity contribution in [2.75, 3.05) is 12.0 Å². The fourth-order valence-electron chi connectivity index (χ4n) is 5.35. The number of hydrogen-bond acceptors (Lipinski definition) is 6. The molecule has 1 saturated carbocycles. The highest BCUT2D eigenvalue weighted by molar-refractivity contribution is 7.90. The van der Waals surface area contributed by atoms with Crippen LogP contribution in [0.15, 0.2) is 36.7 Å². The highest BCUT2D eigenvalue weighted by Crippen LogP contribution is 2.36. The van der Waals surface area contributed by atoms with Gasteiger partial charge < -0.3 is 14.2 Å². The number of amides is 1. The van der Waals surface area contributed by atoms with Gasteiger partial charge in [-0.25, -0.2) is 13.2 Å². The summed E-state index contributed by atoms with van der Waals surface area (Å²) >= 11 is 0. The first-order valence-electron chi connectivity index (χ1n) is 13.3. The summed E-state index contributed by atoms with van der Waals surface area (Å²) in [7, 11) is -3.02. The van der Waals surface area contributed by atoms with Crippen molar-refractivity contribution in [3.8, 4) is 0 Å². The molecule has 1 aromatic carbocycles. The lowest BCUT2D eigenvalue weighted by atomic mass is 9.91. The van der Waals surface area contributed by atoms with Crippen LogP contribution in [0, 0.1) is 0 Å². The lowest BCUT2D eigenvalue weighted by molar-refractivity contribution is 0.0513. The van der Waals surface area contributed by atoms with E-state index in [1.54, 1.807) is 6.20 Å². The molecule has 1 amide bonds. The summed E-state index contributed by atoms with van der Waals surface area (Å²) in [5, 5.41) is 5.36. The van der Waals surface area contributed by atoms with Gasteiger partial charge in [0.15, 0.2) is 0 Å². The van der Waals surface area contributed by atoms with Crippen LogP contribution in [0.5, 0.6) is 0 Å². The molecule has 38 heavy (non-hydrogen) atoms. The van der Waals surface area contributed by atoms with Crippen LogP contribution in [-0.2, 0) is 34.0 Å². The van der Waals surface area contributed by atoms with Gasteiger partial charge in [0.1, 0.15) is 15.4 Å². The maximum Gasteiger partial charge on any atom is 0.435 e.